The zero-order chi connectivity index (χ0) is 13.9. The Morgan fingerprint density at radius 1 is 0.900 bits per heavy atom. The SMILES string of the molecule is OC(c1ccc(Cl)c2ccccc12)C1CCCCCC1. The molecule has 20 heavy (non-hydrogen) atoms. The molecule has 1 aliphatic rings. The van der Waals surface area contributed by atoms with E-state index in [0.29, 0.717) is 5.92 Å². The summed E-state index contributed by atoms with van der Waals surface area (Å²) in [5.74, 6) is 0.391. The highest BCUT2D eigenvalue weighted by Gasteiger charge is 2.23. The van der Waals surface area contributed by atoms with Gasteiger partial charge in [-0.25, -0.2) is 0 Å². The normalized spacial score (nSPS) is 18.9. The number of fused-ring (bicyclic) bond motifs is 1. The zero-order valence-corrected chi connectivity index (χ0v) is 12.4. The van der Waals surface area contributed by atoms with Gasteiger partial charge >= 0.3 is 0 Å². The molecular weight excluding hydrogens is 268 g/mol. The van der Waals surface area contributed by atoms with E-state index in [0.717, 1.165) is 34.2 Å². The Balaban J connectivity index is 1.98. The molecule has 1 saturated carbocycles. The Morgan fingerprint density at radius 3 is 2.25 bits per heavy atom. The summed E-state index contributed by atoms with van der Waals surface area (Å²) in [5, 5.41) is 13.7. The Labute approximate surface area is 125 Å². The molecule has 3 rings (SSSR count). The van der Waals surface area contributed by atoms with Crippen LogP contribution in [-0.2, 0) is 0 Å². The molecule has 2 heteroatoms. The first-order valence-electron chi connectivity index (χ1n) is 7.62. The van der Waals surface area contributed by atoms with Crippen LogP contribution in [0.15, 0.2) is 36.4 Å². The van der Waals surface area contributed by atoms with Crippen LogP contribution in [0.25, 0.3) is 10.8 Å². The van der Waals surface area contributed by atoms with Crippen molar-refractivity contribution in [3.63, 3.8) is 0 Å². The van der Waals surface area contributed by atoms with Crippen molar-refractivity contribution < 1.29 is 5.11 Å². The van der Waals surface area contributed by atoms with Gasteiger partial charge in [-0.1, -0.05) is 67.6 Å². The van der Waals surface area contributed by atoms with Gasteiger partial charge in [-0.15, -0.1) is 0 Å². The summed E-state index contributed by atoms with van der Waals surface area (Å²) >= 11 is 6.26. The van der Waals surface area contributed by atoms with Crippen LogP contribution in [0.2, 0.25) is 5.02 Å². The molecule has 0 aliphatic heterocycles. The molecule has 0 amide bonds. The second-order valence-electron chi connectivity index (χ2n) is 5.88. The third-order valence-corrected chi connectivity index (χ3v) is 4.90. The Bertz CT molecular complexity index is 585. The topological polar surface area (TPSA) is 20.2 Å². The lowest BCUT2D eigenvalue weighted by atomic mass is 9.87. The highest BCUT2D eigenvalue weighted by atomic mass is 35.5. The Hall–Kier alpha value is -1.05. The second kappa shape index (κ2) is 6.15. The lowest BCUT2D eigenvalue weighted by molar-refractivity contribution is 0.100. The molecule has 0 spiro atoms. The summed E-state index contributed by atoms with van der Waals surface area (Å²) in [7, 11) is 0. The highest BCUT2D eigenvalue weighted by molar-refractivity contribution is 6.35. The van der Waals surface area contributed by atoms with E-state index < -0.39 is 0 Å². The minimum absolute atomic E-state index is 0.365. The predicted octanol–water partition coefficient (Wildman–Crippen LogP) is 5.50. The Morgan fingerprint density at radius 2 is 1.55 bits per heavy atom. The number of benzene rings is 2. The molecule has 2 aromatic carbocycles. The molecular formula is C18H21ClO. The fourth-order valence-corrected chi connectivity index (χ4v) is 3.65. The lowest BCUT2D eigenvalue weighted by Crippen LogP contribution is -2.12. The second-order valence-corrected chi connectivity index (χ2v) is 6.29. The van der Waals surface area contributed by atoms with Gasteiger partial charge in [0.1, 0.15) is 0 Å². The van der Waals surface area contributed by atoms with Crippen LogP contribution < -0.4 is 0 Å². The average Bonchev–Trinajstić information content (AvgIpc) is 2.76. The first-order chi connectivity index (χ1) is 9.77. The largest absolute Gasteiger partial charge is 0.388 e. The van der Waals surface area contributed by atoms with E-state index in [9.17, 15) is 5.11 Å². The van der Waals surface area contributed by atoms with Crippen molar-refractivity contribution in [3.8, 4) is 0 Å². The maximum atomic E-state index is 10.8. The van der Waals surface area contributed by atoms with Crippen LogP contribution in [0.5, 0.6) is 0 Å². The standard InChI is InChI=1S/C18H21ClO/c19-17-12-11-16(14-9-5-6-10-15(14)17)18(20)13-7-3-1-2-4-8-13/h5-6,9-13,18,20H,1-4,7-8H2. The van der Waals surface area contributed by atoms with E-state index in [-0.39, 0.29) is 6.10 Å². The fourth-order valence-electron chi connectivity index (χ4n) is 3.42. The van der Waals surface area contributed by atoms with E-state index in [1.807, 2.05) is 30.3 Å². The lowest BCUT2D eigenvalue weighted by Gasteiger charge is -2.23. The zero-order valence-electron chi connectivity index (χ0n) is 11.7. The first-order valence-corrected chi connectivity index (χ1v) is 8.00. The maximum Gasteiger partial charge on any atom is 0.0824 e. The summed E-state index contributed by atoms with van der Waals surface area (Å²) in [6.45, 7) is 0. The smallest absolute Gasteiger partial charge is 0.0824 e. The molecule has 2 aromatic rings. The van der Waals surface area contributed by atoms with Crippen LogP contribution in [0.1, 0.15) is 50.2 Å². The van der Waals surface area contributed by atoms with Gasteiger partial charge in [0, 0.05) is 10.4 Å². The third kappa shape index (κ3) is 2.70. The summed E-state index contributed by atoms with van der Waals surface area (Å²) in [6, 6.07) is 12.0. The fraction of sp³-hybridized carbons (Fsp3) is 0.444. The number of aliphatic hydroxyl groups excluding tert-OH is 1. The van der Waals surface area contributed by atoms with Gasteiger partial charge in [0.05, 0.1) is 6.10 Å². The maximum absolute atomic E-state index is 10.8. The molecule has 1 aliphatic carbocycles. The third-order valence-electron chi connectivity index (χ3n) is 4.57. The van der Waals surface area contributed by atoms with Crippen molar-refractivity contribution >= 4 is 22.4 Å². The van der Waals surface area contributed by atoms with E-state index >= 15 is 0 Å². The van der Waals surface area contributed by atoms with Crippen molar-refractivity contribution in [1.29, 1.82) is 0 Å². The predicted molar refractivity (Wildman–Crippen MR) is 85.1 cm³/mol. The van der Waals surface area contributed by atoms with E-state index in [1.54, 1.807) is 0 Å². The van der Waals surface area contributed by atoms with Crippen molar-refractivity contribution in [2.24, 2.45) is 5.92 Å². The summed E-state index contributed by atoms with van der Waals surface area (Å²) in [5.41, 5.74) is 1.04. The Kier molecular flexibility index (Phi) is 4.28. The first kappa shape index (κ1) is 13.9. The van der Waals surface area contributed by atoms with E-state index in [1.165, 1.54) is 25.7 Å². The van der Waals surface area contributed by atoms with E-state index in [4.69, 9.17) is 11.6 Å². The van der Waals surface area contributed by atoms with Crippen molar-refractivity contribution in [3.05, 3.63) is 47.0 Å². The van der Waals surface area contributed by atoms with Crippen LogP contribution >= 0.6 is 11.6 Å². The minimum Gasteiger partial charge on any atom is -0.388 e. The highest BCUT2D eigenvalue weighted by Crippen LogP contribution is 2.37. The van der Waals surface area contributed by atoms with Gasteiger partial charge in [-0.05, 0) is 35.8 Å². The van der Waals surface area contributed by atoms with Crippen molar-refractivity contribution in [1.82, 2.24) is 0 Å². The molecule has 0 saturated heterocycles. The van der Waals surface area contributed by atoms with Gasteiger partial charge in [0.15, 0.2) is 0 Å². The molecule has 0 bridgehead atoms. The molecule has 1 unspecified atom stereocenters. The summed E-state index contributed by atoms with van der Waals surface area (Å²) in [4.78, 5) is 0. The van der Waals surface area contributed by atoms with Crippen LogP contribution in [0.3, 0.4) is 0 Å². The van der Waals surface area contributed by atoms with Crippen molar-refractivity contribution in [2.45, 2.75) is 44.6 Å². The molecule has 1 nitrogen and oxygen atoms in total. The molecule has 1 atom stereocenters. The number of aliphatic hydroxyl groups is 1. The molecule has 0 heterocycles. The minimum atomic E-state index is -0.365. The van der Waals surface area contributed by atoms with Crippen LogP contribution in [-0.4, -0.2) is 5.11 Å². The number of rotatable bonds is 2. The van der Waals surface area contributed by atoms with Crippen molar-refractivity contribution in [2.75, 3.05) is 0 Å². The molecule has 106 valence electrons. The summed E-state index contributed by atoms with van der Waals surface area (Å²) in [6.07, 6.45) is 7.02. The molecule has 0 aromatic heterocycles. The number of hydrogen-bond donors (Lipinski definition) is 1. The quantitative estimate of drug-likeness (QED) is 0.724. The van der Waals surface area contributed by atoms with Crippen LogP contribution in [0.4, 0.5) is 0 Å². The van der Waals surface area contributed by atoms with Gasteiger partial charge in [0.2, 0.25) is 0 Å². The van der Waals surface area contributed by atoms with Gasteiger partial charge < -0.3 is 5.11 Å². The number of hydrogen-bond acceptors (Lipinski definition) is 1. The van der Waals surface area contributed by atoms with Gasteiger partial charge in [-0.2, -0.15) is 0 Å². The molecule has 0 radical (unpaired) electrons. The summed E-state index contributed by atoms with van der Waals surface area (Å²) < 4.78 is 0. The van der Waals surface area contributed by atoms with Gasteiger partial charge in [-0.3, -0.25) is 0 Å². The molecule has 1 fully saturated rings. The van der Waals surface area contributed by atoms with Crippen LogP contribution in [0, 0.1) is 5.92 Å². The molecule has 1 N–H and O–H groups in total. The van der Waals surface area contributed by atoms with E-state index in [2.05, 4.69) is 6.07 Å². The van der Waals surface area contributed by atoms with Gasteiger partial charge in [0.25, 0.3) is 0 Å². The number of halogens is 1. The monoisotopic (exact) mass is 288 g/mol. The average molecular weight is 289 g/mol.